The second-order valence-corrected chi connectivity index (χ2v) is 11.0. The largest absolute Gasteiger partial charge is 0.466 e. The quantitative estimate of drug-likeness (QED) is 0.219. The van der Waals surface area contributed by atoms with Gasteiger partial charge in [0.2, 0.25) is 0 Å². The lowest BCUT2D eigenvalue weighted by Gasteiger charge is -2.36. The zero-order chi connectivity index (χ0) is 27.4. The maximum Gasteiger partial charge on any atom is 0.333 e. The molecule has 1 aliphatic rings. The number of nitrogens with zero attached hydrogens (tertiary/aromatic N) is 3. The van der Waals surface area contributed by atoms with E-state index in [0.717, 1.165) is 52.9 Å². The molecule has 0 amide bonds. The van der Waals surface area contributed by atoms with Gasteiger partial charge in [0.25, 0.3) is 0 Å². The fourth-order valence-corrected chi connectivity index (χ4v) is 5.86. The van der Waals surface area contributed by atoms with Crippen molar-refractivity contribution < 1.29 is 9.53 Å². The Hall–Kier alpha value is -3.58. The third kappa shape index (κ3) is 5.88. The van der Waals surface area contributed by atoms with Crippen molar-refractivity contribution in [2.75, 3.05) is 24.6 Å². The van der Waals surface area contributed by atoms with Crippen LogP contribution in [-0.2, 0) is 9.53 Å². The summed E-state index contributed by atoms with van der Waals surface area (Å²) >= 11 is 3.47. The topological polar surface area (TPSA) is 56.5 Å². The predicted octanol–water partition coefficient (Wildman–Crippen LogP) is 6.57. The van der Waals surface area contributed by atoms with Gasteiger partial charge in [-0.2, -0.15) is 0 Å². The molecule has 1 fully saturated rings. The van der Waals surface area contributed by atoms with Crippen LogP contribution >= 0.6 is 15.9 Å². The average Bonchev–Trinajstić information content (AvgIpc) is 3.35. The van der Waals surface area contributed by atoms with E-state index in [1.54, 1.807) is 9.13 Å². The van der Waals surface area contributed by atoms with E-state index in [0.29, 0.717) is 6.61 Å². The number of hydrogen-bond donors (Lipinski definition) is 0. The lowest BCUT2D eigenvalue weighted by atomic mass is 9.80. The molecule has 0 bridgehead atoms. The van der Waals surface area contributed by atoms with E-state index in [4.69, 9.17) is 4.74 Å². The van der Waals surface area contributed by atoms with Gasteiger partial charge in [-0.25, -0.2) is 4.79 Å². The Balaban J connectivity index is 1.27. The van der Waals surface area contributed by atoms with Crippen LogP contribution in [0, 0.1) is 5.92 Å². The molecule has 0 aliphatic carbocycles. The van der Waals surface area contributed by atoms with E-state index in [9.17, 15) is 9.59 Å². The Bertz CT molecular complexity index is 1440. The number of ether oxygens (including phenoxy) is 1. The molecule has 39 heavy (non-hydrogen) atoms. The predicted molar refractivity (Wildman–Crippen MR) is 159 cm³/mol. The van der Waals surface area contributed by atoms with Crippen LogP contribution in [-0.4, -0.2) is 34.8 Å². The molecule has 0 spiro atoms. The SMILES string of the molecule is CCOC(=O)C(c1ccccc1)C1CCN(c2ccc(-n3ccn([C@H](C)c4ccc(Br)cc4)c3=O)cc2)CC1. The maximum absolute atomic E-state index is 13.2. The average molecular weight is 589 g/mol. The summed E-state index contributed by atoms with van der Waals surface area (Å²) in [6, 6.07) is 26.2. The fourth-order valence-electron chi connectivity index (χ4n) is 5.59. The lowest BCUT2D eigenvalue weighted by molar-refractivity contribution is -0.146. The number of anilines is 1. The van der Waals surface area contributed by atoms with Crippen molar-refractivity contribution in [1.29, 1.82) is 0 Å². The smallest absolute Gasteiger partial charge is 0.333 e. The third-order valence-corrected chi connectivity index (χ3v) is 8.30. The van der Waals surface area contributed by atoms with Gasteiger partial charge in [-0.1, -0.05) is 58.4 Å². The van der Waals surface area contributed by atoms with Crippen molar-refractivity contribution in [2.45, 2.75) is 38.6 Å². The molecule has 3 aromatic carbocycles. The number of imidazole rings is 1. The summed E-state index contributed by atoms with van der Waals surface area (Å²) < 4.78 is 9.91. The molecule has 0 radical (unpaired) electrons. The highest BCUT2D eigenvalue weighted by atomic mass is 79.9. The molecule has 2 atom stereocenters. The Kier molecular flexibility index (Phi) is 8.36. The summed E-state index contributed by atoms with van der Waals surface area (Å²) in [7, 11) is 0. The van der Waals surface area contributed by atoms with Crippen LogP contribution in [0.3, 0.4) is 0 Å². The molecule has 2 heterocycles. The minimum Gasteiger partial charge on any atom is -0.466 e. The van der Waals surface area contributed by atoms with Crippen molar-refractivity contribution in [1.82, 2.24) is 9.13 Å². The van der Waals surface area contributed by atoms with Crippen molar-refractivity contribution in [2.24, 2.45) is 5.92 Å². The number of aromatic nitrogens is 2. The van der Waals surface area contributed by atoms with E-state index < -0.39 is 0 Å². The second kappa shape index (κ2) is 12.1. The molecule has 1 aliphatic heterocycles. The fraction of sp³-hybridized carbons (Fsp3) is 0.312. The number of hydrogen-bond acceptors (Lipinski definition) is 4. The van der Waals surface area contributed by atoms with E-state index in [1.165, 1.54) is 0 Å². The first-order valence-electron chi connectivity index (χ1n) is 13.6. The number of piperidine rings is 1. The van der Waals surface area contributed by atoms with Crippen LogP contribution in [0.4, 0.5) is 5.69 Å². The highest BCUT2D eigenvalue weighted by Crippen LogP contribution is 2.35. The molecule has 0 saturated carbocycles. The standard InChI is InChI=1S/C32H34BrN3O3/c1-3-39-31(37)30(25-7-5-4-6-8-25)26-17-19-34(20-18-26)28-13-15-29(16-14-28)36-22-21-35(32(36)38)23(2)24-9-11-27(33)12-10-24/h4-16,21-23,26,30H,3,17-20H2,1-2H3/t23-,30?/m1/s1. The number of rotatable bonds is 8. The molecule has 1 aromatic heterocycles. The minimum atomic E-state index is -0.230. The van der Waals surface area contributed by atoms with E-state index in [1.807, 2.05) is 93.0 Å². The maximum atomic E-state index is 13.2. The number of carbonyl (C=O) groups is 1. The van der Waals surface area contributed by atoms with Crippen LogP contribution < -0.4 is 10.6 Å². The molecule has 1 saturated heterocycles. The van der Waals surface area contributed by atoms with Gasteiger partial charge in [-0.3, -0.25) is 13.9 Å². The first-order valence-corrected chi connectivity index (χ1v) is 14.4. The minimum absolute atomic E-state index is 0.0649. The Morgan fingerprint density at radius 2 is 1.54 bits per heavy atom. The highest BCUT2D eigenvalue weighted by molar-refractivity contribution is 9.10. The van der Waals surface area contributed by atoms with Gasteiger partial charge in [0, 0.05) is 35.6 Å². The van der Waals surface area contributed by atoms with Gasteiger partial charge in [0.15, 0.2) is 0 Å². The van der Waals surface area contributed by atoms with Crippen LogP contribution in [0.1, 0.15) is 49.8 Å². The number of halogens is 1. The zero-order valence-corrected chi connectivity index (χ0v) is 24.0. The normalized spacial score (nSPS) is 15.6. The molecule has 6 nitrogen and oxygen atoms in total. The van der Waals surface area contributed by atoms with Crippen LogP contribution in [0.25, 0.3) is 5.69 Å². The van der Waals surface area contributed by atoms with Gasteiger partial charge in [0.1, 0.15) is 0 Å². The van der Waals surface area contributed by atoms with Crippen molar-refractivity contribution in [3.8, 4) is 5.69 Å². The van der Waals surface area contributed by atoms with E-state index >= 15 is 0 Å². The summed E-state index contributed by atoms with van der Waals surface area (Å²) in [6.07, 6.45) is 5.50. The zero-order valence-electron chi connectivity index (χ0n) is 22.4. The van der Waals surface area contributed by atoms with Gasteiger partial charge in [-0.05, 0) is 80.1 Å². The summed E-state index contributed by atoms with van der Waals surface area (Å²) in [5.41, 5.74) is 4.01. The summed E-state index contributed by atoms with van der Waals surface area (Å²) in [5, 5.41) is 0. The summed E-state index contributed by atoms with van der Waals surface area (Å²) in [6.45, 7) is 6.02. The number of carbonyl (C=O) groups excluding carboxylic acids is 1. The van der Waals surface area contributed by atoms with Crippen LogP contribution in [0.5, 0.6) is 0 Å². The molecule has 202 valence electrons. The second-order valence-electron chi connectivity index (χ2n) is 10.1. The van der Waals surface area contributed by atoms with Gasteiger partial charge in [0.05, 0.1) is 24.3 Å². The molecular formula is C32H34BrN3O3. The summed E-state index contributed by atoms with van der Waals surface area (Å²) in [5.74, 6) is -0.113. The lowest BCUT2D eigenvalue weighted by Crippen LogP contribution is -2.37. The van der Waals surface area contributed by atoms with Gasteiger partial charge < -0.3 is 9.64 Å². The van der Waals surface area contributed by atoms with Crippen molar-refractivity contribution >= 4 is 27.6 Å². The molecule has 4 aromatic rings. The first-order chi connectivity index (χ1) is 19.0. The molecule has 5 rings (SSSR count). The van der Waals surface area contributed by atoms with Gasteiger partial charge >= 0.3 is 11.7 Å². The Morgan fingerprint density at radius 1 is 0.897 bits per heavy atom. The number of benzene rings is 3. The third-order valence-electron chi connectivity index (χ3n) is 7.78. The first kappa shape index (κ1) is 27.0. The molecule has 1 unspecified atom stereocenters. The monoisotopic (exact) mass is 587 g/mol. The molecular weight excluding hydrogens is 554 g/mol. The van der Waals surface area contributed by atoms with Crippen molar-refractivity contribution in [3.63, 3.8) is 0 Å². The van der Waals surface area contributed by atoms with Crippen molar-refractivity contribution in [3.05, 3.63) is 117 Å². The van der Waals surface area contributed by atoms with Gasteiger partial charge in [-0.15, -0.1) is 0 Å². The van der Waals surface area contributed by atoms with Crippen LogP contribution in [0.2, 0.25) is 0 Å². The summed E-state index contributed by atoms with van der Waals surface area (Å²) in [4.78, 5) is 28.4. The Labute approximate surface area is 238 Å². The molecule has 7 heteroatoms. The van der Waals surface area contributed by atoms with E-state index in [-0.39, 0.29) is 29.5 Å². The van der Waals surface area contributed by atoms with Crippen LogP contribution in [0.15, 0.2) is 101 Å². The van der Waals surface area contributed by atoms with E-state index in [2.05, 4.69) is 33.0 Å². The molecule has 0 N–H and O–H groups in total. The highest BCUT2D eigenvalue weighted by Gasteiger charge is 2.33. The number of esters is 1. The Morgan fingerprint density at radius 3 is 2.18 bits per heavy atom.